The van der Waals surface area contributed by atoms with Crippen LogP contribution >= 0.6 is 15.9 Å². The summed E-state index contributed by atoms with van der Waals surface area (Å²) in [5, 5.41) is 1.89. The Hall–Kier alpha value is -1.31. The van der Waals surface area contributed by atoms with Gasteiger partial charge in [0.25, 0.3) is 5.91 Å². The molecule has 0 aliphatic heterocycles. The van der Waals surface area contributed by atoms with Gasteiger partial charge in [-0.1, -0.05) is 6.92 Å². The molecule has 1 rings (SSSR count). The number of nitrogen functional groups attached to an aromatic ring is 1. The van der Waals surface area contributed by atoms with E-state index in [-0.39, 0.29) is 17.8 Å². The number of amides is 1. The van der Waals surface area contributed by atoms with Crippen molar-refractivity contribution >= 4 is 27.7 Å². The molecule has 3 N–H and O–H groups in total. The number of hydrogen-bond acceptors (Lipinski definition) is 3. The lowest BCUT2D eigenvalue weighted by atomic mass is 10.2. The Labute approximate surface area is 110 Å². The van der Waals surface area contributed by atoms with Gasteiger partial charge in [-0.05, 0) is 28.4 Å². The number of aromatic nitrogens is 1. The standard InChI is InChI=1S/C10H11BrF3N3O/c1-2-7(10(12,13)14)17-9(18)6-3-5(11)4-16-8(6)15/h3-4,7H,2H2,1H3,(H2,15,16)(H,17,18). The summed E-state index contributed by atoms with van der Waals surface area (Å²) in [5.74, 6) is -1.02. The Bertz CT molecular complexity index is 450. The summed E-state index contributed by atoms with van der Waals surface area (Å²) in [6.07, 6.45) is -3.39. The molecule has 18 heavy (non-hydrogen) atoms. The van der Waals surface area contributed by atoms with E-state index in [9.17, 15) is 18.0 Å². The van der Waals surface area contributed by atoms with Crippen LogP contribution in [0, 0.1) is 0 Å². The molecule has 0 aliphatic carbocycles. The molecular formula is C10H11BrF3N3O. The zero-order valence-corrected chi connectivity index (χ0v) is 11.0. The van der Waals surface area contributed by atoms with Crippen molar-refractivity contribution < 1.29 is 18.0 Å². The van der Waals surface area contributed by atoms with Crippen LogP contribution in [0.1, 0.15) is 23.7 Å². The highest BCUT2D eigenvalue weighted by molar-refractivity contribution is 9.10. The van der Waals surface area contributed by atoms with Gasteiger partial charge in [0.2, 0.25) is 0 Å². The summed E-state index contributed by atoms with van der Waals surface area (Å²) in [4.78, 5) is 15.4. The maximum absolute atomic E-state index is 12.5. The minimum atomic E-state index is -4.49. The third-order valence-electron chi connectivity index (χ3n) is 2.24. The van der Waals surface area contributed by atoms with E-state index in [1.807, 2.05) is 5.32 Å². The van der Waals surface area contributed by atoms with Crippen LogP contribution in [0.2, 0.25) is 0 Å². The van der Waals surface area contributed by atoms with Crippen LogP contribution < -0.4 is 11.1 Å². The molecule has 1 amide bonds. The number of rotatable bonds is 3. The minimum Gasteiger partial charge on any atom is -0.383 e. The van der Waals surface area contributed by atoms with Crippen molar-refractivity contribution in [3.63, 3.8) is 0 Å². The summed E-state index contributed by atoms with van der Waals surface area (Å²) in [5.41, 5.74) is 5.35. The second-order valence-corrected chi connectivity index (χ2v) is 4.48. The Morgan fingerprint density at radius 1 is 1.61 bits per heavy atom. The average Bonchev–Trinajstić information content (AvgIpc) is 2.27. The number of halogens is 4. The molecule has 4 nitrogen and oxygen atoms in total. The molecule has 1 aromatic rings. The highest BCUT2D eigenvalue weighted by Crippen LogP contribution is 2.23. The molecule has 1 aromatic heterocycles. The molecule has 0 aliphatic rings. The van der Waals surface area contributed by atoms with Crippen LogP contribution in [0.5, 0.6) is 0 Å². The summed E-state index contributed by atoms with van der Waals surface area (Å²) in [6, 6.07) is -0.579. The van der Waals surface area contributed by atoms with E-state index in [0.717, 1.165) is 0 Å². The predicted octanol–water partition coefficient (Wildman–Crippen LogP) is 2.50. The van der Waals surface area contributed by atoms with Gasteiger partial charge in [-0.2, -0.15) is 13.2 Å². The number of alkyl halides is 3. The van der Waals surface area contributed by atoms with E-state index >= 15 is 0 Å². The molecule has 1 heterocycles. The van der Waals surface area contributed by atoms with Crippen molar-refractivity contribution in [2.75, 3.05) is 5.73 Å². The maximum Gasteiger partial charge on any atom is 0.408 e. The average molecular weight is 326 g/mol. The number of nitrogens with two attached hydrogens (primary N) is 1. The molecule has 0 saturated heterocycles. The molecule has 1 unspecified atom stereocenters. The van der Waals surface area contributed by atoms with Crippen LogP contribution in [-0.2, 0) is 0 Å². The van der Waals surface area contributed by atoms with Gasteiger partial charge >= 0.3 is 6.18 Å². The van der Waals surface area contributed by atoms with Crippen molar-refractivity contribution in [2.24, 2.45) is 0 Å². The molecule has 0 fully saturated rings. The molecule has 0 saturated carbocycles. The number of carbonyl (C=O) groups excluding carboxylic acids is 1. The highest BCUT2D eigenvalue weighted by atomic mass is 79.9. The molecular weight excluding hydrogens is 315 g/mol. The van der Waals surface area contributed by atoms with Crippen molar-refractivity contribution in [1.29, 1.82) is 0 Å². The summed E-state index contributed by atoms with van der Waals surface area (Å²) in [6.45, 7) is 1.33. The first-order chi connectivity index (χ1) is 8.25. The first kappa shape index (κ1) is 14.7. The summed E-state index contributed by atoms with van der Waals surface area (Å²) in [7, 11) is 0. The van der Waals surface area contributed by atoms with E-state index in [1.165, 1.54) is 19.2 Å². The Morgan fingerprint density at radius 2 is 2.22 bits per heavy atom. The van der Waals surface area contributed by atoms with Crippen molar-refractivity contribution in [1.82, 2.24) is 10.3 Å². The fourth-order valence-electron chi connectivity index (χ4n) is 1.28. The lowest BCUT2D eigenvalue weighted by Crippen LogP contribution is -2.45. The van der Waals surface area contributed by atoms with Gasteiger partial charge < -0.3 is 11.1 Å². The van der Waals surface area contributed by atoms with Crippen molar-refractivity contribution in [3.05, 3.63) is 22.3 Å². The van der Waals surface area contributed by atoms with Gasteiger partial charge in [0.15, 0.2) is 0 Å². The maximum atomic E-state index is 12.5. The zero-order chi connectivity index (χ0) is 13.9. The Kier molecular flexibility index (Phi) is 4.55. The van der Waals surface area contributed by atoms with Crippen molar-refractivity contribution in [3.8, 4) is 0 Å². The monoisotopic (exact) mass is 325 g/mol. The van der Waals surface area contributed by atoms with E-state index in [1.54, 1.807) is 0 Å². The van der Waals surface area contributed by atoms with Crippen LogP contribution in [-0.4, -0.2) is 23.1 Å². The number of nitrogens with zero attached hydrogens (tertiary/aromatic N) is 1. The Balaban J connectivity index is 2.91. The molecule has 1 atom stereocenters. The minimum absolute atomic E-state index is 0.0907. The van der Waals surface area contributed by atoms with Gasteiger partial charge in [-0.3, -0.25) is 4.79 Å². The summed E-state index contributed by atoms with van der Waals surface area (Å²) < 4.78 is 38.0. The van der Waals surface area contributed by atoms with Crippen LogP contribution in [0.4, 0.5) is 19.0 Å². The third-order valence-corrected chi connectivity index (χ3v) is 2.67. The van der Waals surface area contributed by atoms with Crippen LogP contribution in [0.3, 0.4) is 0 Å². The third kappa shape index (κ3) is 3.59. The number of pyridine rings is 1. The number of carbonyl (C=O) groups is 1. The van der Waals surface area contributed by atoms with Crippen molar-refractivity contribution in [2.45, 2.75) is 25.6 Å². The molecule has 8 heteroatoms. The topological polar surface area (TPSA) is 68.0 Å². The second kappa shape index (κ2) is 5.55. The van der Waals surface area contributed by atoms with Gasteiger partial charge in [0, 0.05) is 10.7 Å². The SMILES string of the molecule is CCC(NC(=O)c1cc(Br)cnc1N)C(F)(F)F. The quantitative estimate of drug-likeness (QED) is 0.897. The fourth-order valence-corrected chi connectivity index (χ4v) is 1.61. The number of nitrogens with one attached hydrogen (secondary N) is 1. The largest absolute Gasteiger partial charge is 0.408 e. The van der Waals surface area contributed by atoms with Crippen LogP contribution in [0.15, 0.2) is 16.7 Å². The lowest BCUT2D eigenvalue weighted by molar-refractivity contribution is -0.153. The zero-order valence-electron chi connectivity index (χ0n) is 9.38. The first-order valence-corrected chi connectivity index (χ1v) is 5.83. The molecule has 0 spiro atoms. The normalized spacial score (nSPS) is 13.2. The smallest absolute Gasteiger partial charge is 0.383 e. The van der Waals surface area contributed by atoms with E-state index in [4.69, 9.17) is 5.73 Å². The molecule has 0 aromatic carbocycles. The van der Waals surface area contributed by atoms with E-state index in [2.05, 4.69) is 20.9 Å². The van der Waals surface area contributed by atoms with Gasteiger partial charge in [-0.25, -0.2) is 4.98 Å². The Morgan fingerprint density at radius 3 is 2.72 bits per heavy atom. The van der Waals surface area contributed by atoms with Crippen LogP contribution in [0.25, 0.3) is 0 Å². The number of hydrogen-bond donors (Lipinski definition) is 2. The summed E-state index contributed by atoms with van der Waals surface area (Å²) >= 11 is 3.07. The molecule has 0 radical (unpaired) electrons. The van der Waals surface area contributed by atoms with Gasteiger partial charge in [-0.15, -0.1) is 0 Å². The fraction of sp³-hybridized carbons (Fsp3) is 0.400. The first-order valence-electron chi connectivity index (χ1n) is 5.04. The van der Waals surface area contributed by atoms with E-state index in [0.29, 0.717) is 4.47 Å². The highest BCUT2D eigenvalue weighted by Gasteiger charge is 2.39. The molecule has 0 bridgehead atoms. The van der Waals surface area contributed by atoms with Gasteiger partial charge in [0.05, 0.1) is 5.56 Å². The molecule has 100 valence electrons. The van der Waals surface area contributed by atoms with E-state index < -0.39 is 18.1 Å². The lowest BCUT2D eigenvalue weighted by Gasteiger charge is -2.20. The predicted molar refractivity (Wildman–Crippen MR) is 63.9 cm³/mol. The van der Waals surface area contributed by atoms with Gasteiger partial charge in [0.1, 0.15) is 11.9 Å². The second-order valence-electron chi connectivity index (χ2n) is 3.56. The number of anilines is 1.